The first-order valence-corrected chi connectivity index (χ1v) is 17.5. The lowest BCUT2D eigenvalue weighted by molar-refractivity contribution is -0.217. The number of aliphatic carboxylic acids is 1. The number of carboxylic acid groups (broad SMARTS) is 1. The van der Waals surface area contributed by atoms with Crippen molar-refractivity contribution in [2.45, 2.75) is 36.8 Å². The van der Waals surface area contributed by atoms with Gasteiger partial charge in [-0.2, -0.15) is 0 Å². The number of hydrogen-bond donors (Lipinski definition) is 7. The van der Waals surface area contributed by atoms with E-state index in [1.807, 2.05) is 0 Å². The lowest BCUT2D eigenvalue weighted by Gasteiger charge is -2.43. The summed E-state index contributed by atoms with van der Waals surface area (Å²) in [6.45, 7) is 0. The van der Waals surface area contributed by atoms with Gasteiger partial charge >= 0.3 is 29.8 Å². The number of benzene rings is 4. The van der Waals surface area contributed by atoms with Crippen LogP contribution in [0.4, 0.5) is 0 Å². The lowest BCUT2D eigenvalue weighted by atomic mass is 9.79. The van der Waals surface area contributed by atoms with Crippen LogP contribution in [0.1, 0.15) is 35.1 Å². The van der Waals surface area contributed by atoms with E-state index in [0.717, 1.165) is 48.6 Å². The van der Waals surface area contributed by atoms with E-state index in [1.54, 1.807) is 0 Å². The molecule has 1 fully saturated rings. The maximum atomic E-state index is 13.3. The molecule has 0 heterocycles. The molecule has 16 heteroatoms. The molecule has 1 aliphatic carbocycles. The van der Waals surface area contributed by atoms with Crippen LogP contribution in [0, 0.1) is 0 Å². The van der Waals surface area contributed by atoms with E-state index in [2.05, 4.69) is 0 Å². The van der Waals surface area contributed by atoms with Crippen molar-refractivity contribution in [3.63, 3.8) is 0 Å². The molecular formula is C43H36O16. The average Bonchev–Trinajstić information content (AvgIpc) is 3.19. The maximum Gasteiger partial charge on any atom is 0.348 e. The predicted molar refractivity (Wildman–Crippen MR) is 207 cm³/mol. The molecule has 0 saturated heterocycles. The number of phenols is 6. The highest BCUT2D eigenvalue weighted by Gasteiger charge is 2.57. The molecule has 4 aromatic rings. The minimum atomic E-state index is -2.57. The second kappa shape index (κ2) is 18.8. The van der Waals surface area contributed by atoms with Crippen LogP contribution in [0.15, 0.2) is 109 Å². The SMILES string of the molecule is O=C(/C=C/c1ccc(O)c(O)c1)OC1[C@H](OC(=O)/C=C/c2ccc(O)cc2)CC(OC(=O)/C=C/c2ccc(O)cc2)(C(=O)O)C[C@H]1OC(=O)/C=C/c1ccc(O)c(O)c1. The first-order valence-electron chi connectivity index (χ1n) is 17.5. The van der Waals surface area contributed by atoms with E-state index in [9.17, 15) is 59.7 Å². The van der Waals surface area contributed by atoms with Crippen LogP contribution in [-0.4, -0.2) is 89.5 Å². The van der Waals surface area contributed by atoms with Gasteiger partial charge in [-0.1, -0.05) is 36.4 Å². The lowest BCUT2D eigenvalue weighted by Crippen LogP contribution is -2.60. The molecule has 4 aromatic carbocycles. The molecule has 304 valence electrons. The Morgan fingerprint density at radius 3 is 1.22 bits per heavy atom. The summed E-state index contributed by atoms with van der Waals surface area (Å²) >= 11 is 0. The van der Waals surface area contributed by atoms with Gasteiger partial charge in [-0.25, -0.2) is 24.0 Å². The molecular weight excluding hydrogens is 772 g/mol. The predicted octanol–water partition coefficient (Wildman–Crippen LogP) is 4.97. The van der Waals surface area contributed by atoms with Crippen molar-refractivity contribution in [3.05, 3.63) is 131 Å². The Morgan fingerprint density at radius 1 is 0.475 bits per heavy atom. The zero-order chi connectivity index (χ0) is 42.7. The number of esters is 4. The molecule has 1 saturated carbocycles. The molecule has 16 nitrogen and oxygen atoms in total. The number of ether oxygens (including phenoxy) is 4. The number of aromatic hydroxyl groups is 6. The van der Waals surface area contributed by atoms with Crippen LogP contribution in [0.5, 0.6) is 34.5 Å². The van der Waals surface area contributed by atoms with Crippen LogP contribution in [0.2, 0.25) is 0 Å². The molecule has 0 aromatic heterocycles. The summed E-state index contributed by atoms with van der Waals surface area (Å²) in [4.78, 5) is 66.1. The van der Waals surface area contributed by atoms with Crippen LogP contribution >= 0.6 is 0 Å². The second-order valence-corrected chi connectivity index (χ2v) is 13.0. The van der Waals surface area contributed by atoms with Gasteiger partial charge in [-0.3, -0.25) is 0 Å². The van der Waals surface area contributed by atoms with E-state index in [4.69, 9.17) is 18.9 Å². The zero-order valence-corrected chi connectivity index (χ0v) is 30.7. The fourth-order valence-electron chi connectivity index (χ4n) is 5.77. The average molecular weight is 809 g/mol. The highest BCUT2D eigenvalue weighted by atomic mass is 16.6. The van der Waals surface area contributed by atoms with Crippen molar-refractivity contribution in [1.82, 2.24) is 0 Å². The Hall–Kier alpha value is -8.01. The van der Waals surface area contributed by atoms with Gasteiger partial charge in [0, 0.05) is 37.1 Å². The Bertz CT molecular complexity index is 2320. The number of phenolic OH excluding ortho intramolecular Hbond substituents is 6. The minimum Gasteiger partial charge on any atom is -0.508 e. The third-order valence-electron chi connectivity index (χ3n) is 8.70. The van der Waals surface area contributed by atoms with Gasteiger partial charge in [-0.15, -0.1) is 0 Å². The van der Waals surface area contributed by atoms with E-state index in [-0.39, 0.29) is 22.6 Å². The van der Waals surface area contributed by atoms with Crippen LogP contribution in [-0.2, 0) is 42.9 Å². The molecule has 7 N–H and O–H groups in total. The third kappa shape index (κ3) is 11.7. The van der Waals surface area contributed by atoms with Crippen molar-refractivity contribution in [1.29, 1.82) is 0 Å². The van der Waals surface area contributed by atoms with Gasteiger partial charge in [0.05, 0.1) is 0 Å². The largest absolute Gasteiger partial charge is 0.508 e. The monoisotopic (exact) mass is 808 g/mol. The summed E-state index contributed by atoms with van der Waals surface area (Å²) in [7, 11) is 0. The highest BCUT2D eigenvalue weighted by molar-refractivity contribution is 5.92. The van der Waals surface area contributed by atoms with E-state index in [0.29, 0.717) is 11.1 Å². The molecule has 0 radical (unpaired) electrons. The number of hydrogen-bond acceptors (Lipinski definition) is 15. The summed E-state index contributed by atoms with van der Waals surface area (Å²) in [5.74, 6) is -8.17. The number of carboxylic acids is 1. The smallest absolute Gasteiger partial charge is 0.348 e. The van der Waals surface area contributed by atoms with E-state index in [1.165, 1.54) is 85.0 Å². The van der Waals surface area contributed by atoms with Crippen molar-refractivity contribution in [2.24, 2.45) is 0 Å². The number of rotatable bonds is 13. The molecule has 2 unspecified atom stereocenters. The first-order chi connectivity index (χ1) is 28.1. The standard InChI is InChI=1S/C43H36O16/c44-29-11-1-25(2-12-29)7-17-37(50)56-35-23-43(42(54)55,59-40(53)20-8-26-3-13-30(45)14-4-26)24-36(57-38(51)18-9-27-5-15-31(46)33(48)21-27)41(35)58-39(52)19-10-28-6-16-32(47)34(49)22-28/h1-22,35-36,41,44-49H,23-24H2,(H,54,55)/b17-7+,18-9+,19-10+,20-8+/t35-,36-,41?,43?/m1/s1. The Balaban J connectivity index is 1.50. The summed E-state index contributed by atoms with van der Waals surface area (Å²) < 4.78 is 22.4. The van der Waals surface area contributed by atoms with Crippen molar-refractivity contribution in [3.8, 4) is 34.5 Å². The van der Waals surface area contributed by atoms with Gasteiger partial charge in [0.15, 0.2) is 29.1 Å². The topological polar surface area (TPSA) is 264 Å². The number of carbonyl (C=O) groups is 5. The van der Waals surface area contributed by atoms with Crippen molar-refractivity contribution < 1.29 is 78.7 Å². The molecule has 4 atom stereocenters. The Morgan fingerprint density at radius 2 is 0.831 bits per heavy atom. The van der Waals surface area contributed by atoms with Crippen LogP contribution in [0.3, 0.4) is 0 Å². The van der Waals surface area contributed by atoms with Gasteiger partial charge in [0.1, 0.15) is 23.7 Å². The molecule has 0 amide bonds. The zero-order valence-electron chi connectivity index (χ0n) is 30.7. The normalized spacial score (nSPS) is 19.2. The summed E-state index contributed by atoms with van der Waals surface area (Å²) in [5.41, 5.74) is -1.21. The van der Waals surface area contributed by atoms with Gasteiger partial charge in [-0.05, 0) is 95.1 Å². The molecule has 59 heavy (non-hydrogen) atoms. The van der Waals surface area contributed by atoms with Crippen LogP contribution in [0.25, 0.3) is 24.3 Å². The van der Waals surface area contributed by atoms with Crippen LogP contribution < -0.4 is 0 Å². The fraction of sp³-hybridized carbons (Fsp3) is 0.140. The molecule has 0 spiro atoms. The van der Waals surface area contributed by atoms with Gasteiger partial charge in [0.2, 0.25) is 5.60 Å². The third-order valence-corrected chi connectivity index (χ3v) is 8.70. The van der Waals surface area contributed by atoms with Gasteiger partial charge < -0.3 is 54.7 Å². The van der Waals surface area contributed by atoms with Crippen molar-refractivity contribution >= 4 is 54.2 Å². The molecule has 5 rings (SSSR count). The molecule has 1 aliphatic rings. The minimum absolute atomic E-state index is 0.0398. The molecule has 0 aliphatic heterocycles. The summed E-state index contributed by atoms with van der Waals surface area (Å²) in [5, 5.41) is 68.7. The summed E-state index contributed by atoms with van der Waals surface area (Å²) in [6.07, 6.45) is 1.70. The quantitative estimate of drug-likeness (QED) is 0.0407. The van der Waals surface area contributed by atoms with Crippen molar-refractivity contribution in [2.75, 3.05) is 0 Å². The van der Waals surface area contributed by atoms with E-state index >= 15 is 0 Å². The molecule has 0 bridgehead atoms. The second-order valence-electron chi connectivity index (χ2n) is 13.0. The first kappa shape index (κ1) is 42.1. The highest BCUT2D eigenvalue weighted by Crippen LogP contribution is 2.38. The fourth-order valence-corrected chi connectivity index (χ4v) is 5.77. The summed E-state index contributed by atoms with van der Waals surface area (Å²) in [6, 6.07) is 18.6. The van der Waals surface area contributed by atoms with E-state index < -0.39 is 89.6 Å². The maximum absolute atomic E-state index is 13.3. The Kier molecular flexibility index (Phi) is 13.4. The van der Waals surface area contributed by atoms with Gasteiger partial charge in [0.25, 0.3) is 0 Å². The number of carbonyl (C=O) groups excluding carboxylic acids is 4. The Labute approximate surface area is 335 Å².